The van der Waals surface area contributed by atoms with E-state index in [9.17, 15) is 4.79 Å². The van der Waals surface area contributed by atoms with Crippen LogP contribution >= 0.6 is 0 Å². The molecule has 2 heterocycles. The van der Waals surface area contributed by atoms with Gasteiger partial charge in [-0.05, 0) is 12.0 Å². The number of amidine groups is 1. The molecule has 0 spiro atoms. The third kappa shape index (κ3) is 0.744. The van der Waals surface area contributed by atoms with E-state index in [1.54, 1.807) is 0 Å². The van der Waals surface area contributed by atoms with E-state index in [1.165, 1.54) is 0 Å². The van der Waals surface area contributed by atoms with Crippen LogP contribution in [0.2, 0.25) is 0 Å². The van der Waals surface area contributed by atoms with Crippen LogP contribution in [0.5, 0.6) is 0 Å². The van der Waals surface area contributed by atoms with E-state index in [0.29, 0.717) is 6.42 Å². The van der Waals surface area contributed by atoms with Crippen molar-refractivity contribution in [1.29, 1.82) is 0 Å². The summed E-state index contributed by atoms with van der Waals surface area (Å²) in [6, 6.07) is 0. The van der Waals surface area contributed by atoms with Gasteiger partial charge in [0, 0.05) is 6.54 Å². The van der Waals surface area contributed by atoms with Gasteiger partial charge in [0.15, 0.2) is 0 Å². The van der Waals surface area contributed by atoms with Gasteiger partial charge in [0.1, 0.15) is 5.84 Å². The van der Waals surface area contributed by atoms with Crippen molar-refractivity contribution in [3.63, 3.8) is 0 Å². The lowest BCUT2D eigenvalue weighted by Gasteiger charge is -2.03. The molecule has 2 rings (SSSR count). The summed E-state index contributed by atoms with van der Waals surface area (Å²) in [4.78, 5) is 14.9. The van der Waals surface area contributed by atoms with Gasteiger partial charge in [-0.25, -0.2) is 0 Å². The summed E-state index contributed by atoms with van der Waals surface area (Å²) in [7, 11) is 0. The fraction of sp³-hybridized carbons (Fsp3) is 0.429. The fourth-order valence-electron chi connectivity index (χ4n) is 1.24. The Bertz CT molecular complexity index is 216. The average Bonchev–Trinajstić information content (AvgIpc) is 2.27. The molecule has 2 aliphatic heterocycles. The first kappa shape index (κ1) is 5.65. The number of nitrogens with zero attached hydrogens (tertiary/aromatic N) is 1. The zero-order chi connectivity index (χ0) is 6.97. The van der Waals surface area contributed by atoms with Crippen molar-refractivity contribution in [3.05, 3.63) is 11.6 Å². The normalized spacial score (nSPS) is 23.0. The van der Waals surface area contributed by atoms with Gasteiger partial charge in [0.25, 0.3) is 0 Å². The molecule has 0 saturated carbocycles. The maximum absolute atomic E-state index is 10.8. The van der Waals surface area contributed by atoms with Crippen molar-refractivity contribution in [2.45, 2.75) is 12.8 Å². The van der Waals surface area contributed by atoms with Crippen molar-refractivity contribution in [1.82, 2.24) is 5.32 Å². The van der Waals surface area contributed by atoms with E-state index in [1.807, 2.05) is 0 Å². The Morgan fingerprint density at radius 1 is 1.60 bits per heavy atom. The minimum Gasteiger partial charge on any atom is -0.310 e. The van der Waals surface area contributed by atoms with Gasteiger partial charge in [0.05, 0.1) is 6.42 Å². The molecule has 0 aromatic heterocycles. The van der Waals surface area contributed by atoms with E-state index in [2.05, 4.69) is 16.4 Å². The number of fused-ring (bicyclic) bond motifs is 1. The lowest BCUT2D eigenvalue weighted by molar-refractivity contribution is -0.118. The molecule has 1 N–H and O–H groups in total. The van der Waals surface area contributed by atoms with Crippen LogP contribution in [0.4, 0.5) is 0 Å². The lowest BCUT2D eigenvalue weighted by atomic mass is 10.1. The van der Waals surface area contributed by atoms with Crippen LogP contribution < -0.4 is 5.32 Å². The van der Waals surface area contributed by atoms with E-state index in [4.69, 9.17) is 0 Å². The predicted molar refractivity (Wildman–Crippen MR) is 37.8 cm³/mol. The SMILES string of the molecule is O=C1CC2=CCCN=C2N1. The van der Waals surface area contributed by atoms with Gasteiger partial charge in [-0.3, -0.25) is 9.79 Å². The van der Waals surface area contributed by atoms with Gasteiger partial charge in [-0.2, -0.15) is 0 Å². The van der Waals surface area contributed by atoms with Crippen molar-refractivity contribution >= 4 is 11.7 Å². The number of amides is 1. The van der Waals surface area contributed by atoms with Crippen LogP contribution in [-0.4, -0.2) is 18.3 Å². The van der Waals surface area contributed by atoms with Crippen LogP contribution in [0.1, 0.15) is 12.8 Å². The first-order valence-corrected chi connectivity index (χ1v) is 3.40. The van der Waals surface area contributed by atoms with E-state index in [0.717, 1.165) is 24.4 Å². The Morgan fingerprint density at radius 3 is 3.30 bits per heavy atom. The molecule has 0 bridgehead atoms. The molecular formula is C7H8N2O. The number of rotatable bonds is 0. The molecular weight excluding hydrogens is 128 g/mol. The highest BCUT2D eigenvalue weighted by atomic mass is 16.1. The van der Waals surface area contributed by atoms with Gasteiger partial charge in [-0.1, -0.05) is 6.08 Å². The predicted octanol–water partition coefficient (Wildman–Crippen LogP) is 0.235. The molecule has 3 nitrogen and oxygen atoms in total. The minimum absolute atomic E-state index is 0.0758. The standard InChI is InChI=1S/C7H8N2O/c10-6-4-5-2-1-3-8-7(5)9-6/h2H,1,3-4H2,(H,8,9,10). The van der Waals surface area contributed by atoms with Crippen molar-refractivity contribution in [3.8, 4) is 0 Å². The number of hydrogen-bond donors (Lipinski definition) is 1. The zero-order valence-electron chi connectivity index (χ0n) is 5.55. The maximum Gasteiger partial charge on any atom is 0.230 e. The summed E-state index contributed by atoms with van der Waals surface area (Å²) in [5, 5.41) is 2.70. The third-order valence-corrected chi connectivity index (χ3v) is 1.70. The monoisotopic (exact) mass is 136 g/mol. The Labute approximate surface area is 58.8 Å². The highest BCUT2D eigenvalue weighted by Gasteiger charge is 2.22. The summed E-state index contributed by atoms with van der Waals surface area (Å²) in [6.07, 6.45) is 3.59. The number of carbonyl (C=O) groups is 1. The second kappa shape index (κ2) is 1.94. The van der Waals surface area contributed by atoms with E-state index >= 15 is 0 Å². The van der Waals surface area contributed by atoms with E-state index in [-0.39, 0.29) is 5.91 Å². The van der Waals surface area contributed by atoms with Gasteiger partial charge >= 0.3 is 0 Å². The molecule has 1 amide bonds. The molecule has 0 unspecified atom stereocenters. The summed E-state index contributed by atoms with van der Waals surface area (Å²) < 4.78 is 0. The first-order chi connectivity index (χ1) is 4.86. The molecule has 3 heteroatoms. The molecule has 2 aliphatic rings. The number of hydrogen-bond acceptors (Lipinski definition) is 2. The Hall–Kier alpha value is -1.12. The summed E-state index contributed by atoms with van der Waals surface area (Å²) in [5.41, 5.74) is 1.08. The molecule has 52 valence electrons. The molecule has 0 atom stereocenters. The largest absolute Gasteiger partial charge is 0.310 e. The van der Waals surface area contributed by atoms with Crippen LogP contribution in [0.15, 0.2) is 16.6 Å². The van der Waals surface area contributed by atoms with Crippen molar-refractivity contribution in [2.24, 2.45) is 4.99 Å². The molecule has 1 saturated heterocycles. The smallest absolute Gasteiger partial charge is 0.230 e. The third-order valence-electron chi connectivity index (χ3n) is 1.70. The summed E-state index contributed by atoms with van der Waals surface area (Å²) >= 11 is 0. The molecule has 0 aromatic carbocycles. The summed E-state index contributed by atoms with van der Waals surface area (Å²) in [5.74, 6) is 0.878. The summed E-state index contributed by atoms with van der Waals surface area (Å²) in [6.45, 7) is 0.819. The number of nitrogens with one attached hydrogen (secondary N) is 1. The maximum atomic E-state index is 10.8. The van der Waals surface area contributed by atoms with Crippen LogP contribution in [-0.2, 0) is 4.79 Å². The van der Waals surface area contributed by atoms with Gasteiger partial charge in [-0.15, -0.1) is 0 Å². The number of carbonyl (C=O) groups excluding carboxylic acids is 1. The van der Waals surface area contributed by atoms with Crippen LogP contribution in [0.3, 0.4) is 0 Å². The second-order valence-corrected chi connectivity index (χ2v) is 2.47. The van der Waals surface area contributed by atoms with Crippen LogP contribution in [0, 0.1) is 0 Å². The molecule has 0 aliphatic carbocycles. The Kier molecular flexibility index (Phi) is 1.09. The zero-order valence-corrected chi connectivity index (χ0v) is 5.55. The first-order valence-electron chi connectivity index (χ1n) is 3.40. The van der Waals surface area contributed by atoms with E-state index < -0.39 is 0 Å². The quantitative estimate of drug-likeness (QED) is 0.509. The second-order valence-electron chi connectivity index (χ2n) is 2.47. The Morgan fingerprint density at radius 2 is 2.50 bits per heavy atom. The van der Waals surface area contributed by atoms with Gasteiger partial charge in [0.2, 0.25) is 5.91 Å². The highest BCUT2D eigenvalue weighted by Crippen LogP contribution is 2.14. The molecule has 0 aromatic rings. The lowest BCUT2D eigenvalue weighted by Crippen LogP contribution is -2.21. The van der Waals surface area contributed by atoms with Crippen LogP contribution in [0.25, 0.3) is 0 Å². The minimum atomic E-state index is 0.0758. The Balaban J connectivity index is 2.33. The number of dihydropyridines is 1. The number of aliphatic imine (C=N–C) groups is 1. The average molecular weight is 136 g/mol. The molecule has 1 fully saturated rings. The topological polar surface area (TPSA) is 41.5 Å². The molecule has 0 radical (unpaired) electrons. The highest BCUT2D eigenvalue weighted by molar-refractivity contribution is 6.16. The fourth-order valence-corrected chi connectivity index (χ4v) is 1.24. The van der Waals surface area contributed by atoms with Crippen molar-refractivity contribution in [2.75, 3.05) is 6.54 Å². The van der Waals surface area contributed by atoms with Gasteiger partial charge < -0.3 is 5.32 Å². The van der Waals surface area contributed by atoms with Crippen molar-refractivity contribution < 1.29 is 4.79 Å². The molecule has 10 heavy (non-hydrogen) atoms.